The molecule has 2 N–H and O–H groups in total. The summed E-state index contributed by atoms with van der Waals surface area (Å²) in [6, 6.07) is 7.70. The van der Waals surface area contributed by atoms with Crippen LogP contribution in [-0.4, -0.2) is 16.1 Å². The van der Waals surface area contributed by atoms with E-state index in [9.17, 15) is 0 Å². The zero-order valence-corrected chi connectivity index (χ0v) is 12.4. The van der Waals surface area contributed by atoms with Crippen LogP contribution in [-0.2, 0) is 0 Å². The van der Waals surface area contributed by atoms with Crippen molar-refractivity contribution in [1.29, 1.82) is 0 Å². The van der Waals surface area contributed by atoms with E-state index in [2.05, 4.69) is 32.6 Å². The van der Waals surface area contributed by atoms with Gasteiger partial charge in [-0.05, 0) is 48.6 Å². The van der Waals surface area contributed by atoms with Gasteiger partial charge >= 0.3 is 0 Å². The Balaban J connectivity index is 2.35. The predicted octanol–water partition coefficient (Wildman–Crippen LogP) is 3.12. The van der Waals surface area contributed by atoms with Gasteiger partial charge in [-0.1, -0.05) is 12.1 Å². The summed E-state index contributed by atoms with van der Waals surface area (Å²) in [5.74, 6) is 1.92. The number of rotatable bonds is 3. The first-order valence-electron chi connectivity index (χ1n) is 5.61. The smallest absolute Gasteiger partial charge is 0.161 e. The fraction of sp³-hybridized carbons (Fsp3) is 0.231. The molecule has 4 nitrogen and oxygen atoms in total. The van der Waals surface area contributed by atoms with Crippen molar-refractivity contribution in [3.05, 3.63) is 34.0 Å². The number of nitrogen functional groups attached to an aromatic ring is 1. The van der Waals surface area contributed by atoms with Gasteiger partial charge in [-0.15, -0.1) is 0 Å². The molecule has 0 bridgehead atoms. The molecular formula is C13H14IN3O. The first-order valence-corrected chi connectivity index (χ1v) is 6.69. The highest BCUT2D eigenvalue weighted by atomic mass is 127. The van der Waals surface area contributed by atoms with Crippen LogP contribution in [0.4, 0.5) is 5.82 Å². The summed E-state index contributed by atoms with van der Waals surface area (Å²) in [5.41, 5.74) is 6.69. The minimum atomic E-state index is 0.142. The highest BCUT2D eigenvalue weighted by molar-refractivity contribution is 14.1. The second-order valence-corrected chi connectivity index (χ2v) is 5.28. The van der Waals surface area contributed by atoms with Gasteiger partial charge in [-0.25, -0.2) is 9.97 Å². The highest BCUT2D eigenvalue weighted by Gasteiger charge is 2.06. The molecule has 1 aromatic carbocycles. The third kappa shape index (κ3) is 3.10. The minimum Gasteiger partial charge on any atom is -0.491 e. The lowest BCUT2D eigenvalue weighted by Gasteiger charge is -2.10. The lowest BCUT2D eigenvalue weighted by Crippen LogP contribution is -2.05. The van der Waals surface area contributed by atoms with Gasteiger partial charge in [0.15, 0.2) is 5.82 Å². The van der Waals surface area contributed by atoms with E-state index in [-0.39, 0.29) is 6.10 Å². The number of hydrogen-bond donors (Lipinski definition) is 1. The maximum Gasteiger partial charge on any atom is 0.161 e. The zero-order chi connectivity index (χ0) is 13.1. The molecule has 1 aromatic heterocycles. The monoisotopic (exact) mass is 355 g/mol. The van der Waals surface area contributed by atoms with Crippen molar-refractivity contribution in [3.8, 4) is 17.1 Å². The van der Waals surface area contributed by atoms with E-state index in [4.69, 9.17) is 10.5 Å². The Bertz CT molecular complexity index is 558. The van der Waals surface area contributed by atoms with E-state index in [1.165, 1.54) is 0 Å². The third-order valence-electron chi connectivity index (χ3n) is 2.24. The number of nitrogens with zero attached hydrogens (tertiary/aromatic N) is 2. The van der Waals surface area contributed by atoms with E-state index in [0.29, 0.717) is 11.6 Å². The van der Waals surface area contributed by atoms with Gasteiger partial charge < -0.3 is 10.5 Å². The van der Waals surface area contributed by atoms with Crippen LogP contribution in [0, 0.1) is 3.57 Å². The molecule has 0 unspecified atom stereocenters. The van der Waals surface area contributed by atoms with E-state index < -0.39 is 0 Å². The summed E-state index contributed by atoms with van der Waals surface area (Å²) in [5, 5.41) is 0. The Morgan fingerprint density at radius 1 is 1.33 bits per heavy atom. The summed E-state index contributed by atoms with van der Waals surface area (Å²) in [4.78, 5) is 8.54. The van der Waals surface area contributed by atoms with Crippen molar-refractivity contribution in [3.63, 3.8) is 0 Å². The van der Waals surface area contributed by atoms with Crippen LogP contribution in [0.1, 0.15) is 13.8 Å². The van der Waals surface area contributed by atoms with Crippen LogP contribution >= 0.6 is 22.6 Å². The van der Waals surface area contributed by atoms with Gasteiger partial charge in [0.1, 0.15) is 11.6 Å². The van der Waals surface area contributed by atoms with Crippen molar-refractivity contribution < 1.29 is 4.74 Å². The molecule has 1 heterocycles. The first-order chi connectivity index (χ1) is 8.56. The van der Waals surface area contributed by atoms with Crippen molar-refractivity contribution >= 4 is 28.4 Å². The van der Waals surface area contributed by atoms with Crippen molar-refractivity contribution in [2.24, 2.45) is 0 Å². The lowest BCUT2D eigenvalue weighted by molar-refractivity contribution is 0.242. The molecule has 0 saturated carbocycles. The molecule has 0 spiro atoms. The standard InChI is InChI=1S/C13H14IN3O/c1-8(2)18-10-5-3-4-9(6-10)13-16-7-11(14)12(15)17-13/h3-8H,1-2H3,(H2,15,16,17). The van der Waals surface area contributed by atoms with E-state index >= 15 is 0 Å². The SMILES string of the molecule is CC(C)Oc1cccc(-c2ncc(I)c(N)n2)c1. The number of ether oxygens (including phenoxy) is 1. The molecule has 0 aliphatic rings. The molecule has 0 saturated heterocycles. The van der Waals surface area contributed by atoms with Crippen LogP contribution in [0.15, 0.2) is 30.5 Å². The second-order valence-electron chi connectivity index (χ2n) is 4.12. The Morgan fingerprint density at radius 2 is 2.11 bits per heavy atom. The molecule has 0 radical (unpaired) electrons. The topological polar surface area (TPSA) is 61.0 Å². The van der Waals surface area contributed by atoms with Crippen LogP contribution in [0.2, 0.25) is 0 Å². The first kappa shape index (κ1) is 13.1. The lowest BCUT2D eigenvalue weighted by atomic mass is 10.2. The Morgan fingerprint density at radius 3 is 2.78 bits per heavy atom. The molecule has 0 aliphatic heterocycles. The molecule has 2 aromatic rings. The minimum absolute atomic E-state index is 0.142. The van der Waals surface area contributed by atoms with Crippen molar-refractivity contribution in [2.45, 2.75) is 20.0 Å². The summed E-state index contributed by atoms with van der Waals surface area (Å²) in [6.07, 6.45) is 1.86. The van der Waals surface area contributed by atoms with E-state index in [1.807, 2.05) is 38.1 Å². The fourth-order valence-electron chi connectivity index (χ4n) is 1.50. The Labute approximate surface area is 120 Å². The molecule has 2 rings (SSSR count). The van der Waals surface area contributed by atoms with Crippen LogP contribution < -0.4 is 10.5 Å². The Kier molecular flexibility index (Phi) is 4.00. The predicted molar refractivity (Wildman–Crippen MR) is 80.4 cm³/mol. The molecule has 0 amide bonds. The molecule has 0 atom stereocenters. The van der Waals surface area contributed by atoms with Gasteiger partial charge in [-0.2, -0.15) is 0 Å². The number of hydrogen-bond acceptors (Lipinski definition) is 4. The number of halogens is 1. The number of anilines is 1. The number of aromatic nitrogens is 2. The summed E-state index contributed by atoms with van der Waals surface area (Å²) >= 11 is 2.11. The number of benzene rings is 1. The third-order valence-corrected chi connectivity index (χ3v) is 3.07. The largest absolute Gasteiger partial charge is 0.491 e. The average Bonchev–Trinajstić information content (AvgIpc) is 2.32. The van der Waals surface area contributed by atoms with Crippen molar-refractivity contribution in [1.82, 2.24) is 9.97 Å². The van der Waals surface area contributed by atoms with Gasteiger partial charge in [0.2, 0.25) is 0 Å². The van der Waals surface area contributed by atoms with Crippen LogP contribution in [0.5, 0.6) is 5.75 Å². The molecular weight excluding hydrogens is 341 g/mol. The van der Waals surface area contributed by atoms with Crippen LogP contribution in [0.25, 0.3) is 11.4 Å². The van der Waals surface area contributed by atoms with Gasteiger partial charge in [0, 0.05) is 11.8 Å². The maximum atomic E-state index is 5.79. The molecule has 0 aliphatic carbocycles. The van der Waals surface area contributed by atoms with Crippen molar-refractivity contribution in [2.75, 3.05) is 5.73 Å². The van der Waals surface area contributed by atoms with Gasteiger partial charge in [-0.3, -0.25) is 0 Å². The molecule has 18 heavy (non-hydrogen) atoms. The second kappa shape index (κ2) is 5.51. The maximum absolute atomic E-state index is 5.79. The van der Waals surface area contributed by atoms with Gasteiger partial charge in [0.25, 0.3) is 0 Å². The molecule has 0 fully saturated rings. The number of nitrogens with two attached hydrogens (primary N) is 1. The van der Waals surface area contributed by atoms with Gasteiger partial charge in [0.05, 0.1) is 9.67 Å². The zero-order valence-electron chi connectivity index (χ0n) is 10.2. The van der Waals surface area contributed by atoms with Crippen LogP contribution in [0.3, 0.4) is 0 Å². The average molecular weight is 355 g/mol. The van der Waals surface area contributed by atoms with E-state index in [1.54, 1.807) is 6.20 Å². The fourth-order valence-corrected chi connectivity index (χ4v) is 1.76. The molecule has 5 heteroatoms. The molecule has 94 valence electrons. The summed E-state index contributed by atoms with van der Waals surface area (Å²) in [7, 11) is 0. The normalized spacial score (nSPS) is 10.7. The Hall–Kier alpha value is -1.37. The quantitative estimate of drug-likeness (QED) is 0.860. The summed E-state index contributed by atoms with van der Waals surface area (Å²) < 4.78 is 6.49. The van der Waals surface area contributed by atoms with E-state index in [0.717, 1.165) is 14.9 Å². The summed E-state index contributed by atoms with van der Waals surface area (Å²) in [6.45, 7) is 3.98. The highest BCUT2D eigenvalue weighted by Crippen LogP contribution is 2.23.